The summed E-state index contributed by atoms with van der Waals surface area (Å²) in [4.78, 5) is 6.48. The number of aliphatic imine (C=N–C) groups is 1. The van der Waals surface area contributed by atoms with Gasteiger partial charge in [-0.2, -0.15) is 5.10 Å². The van der Waals surface area contributed by atoms with Gasteiger partial charge in [0.1, 0.15) is 0 Å². The maximum absolute atomic E-state index is 4.35. The number of aryl methyl sites for hydroxylation is 2. The lowest BCUT2D eigenvalue weighted by atomic mass is 10.2. The van der Waals surface area contributed by atoms with Crippen molar-refractivity contribution in [3.63, 3.8) is 0 Å². The molecule has 6 heteroatoms. The Morgan fingerprint density at radius 3 is 2.70 bits per heavy atom. The lowest BCUT2D eigenvalue weighted by Gasteiger charge is -2.22. The molecular weight excluding hydrogens is 354 g/mol. The predicted octanol–water partition coefficient (Wildman–Crippen LogP) is 3.05. The summed E-state index contributed by atoms with van der Waals surface area (Å²) in [5.74, 6) is 0.907. The Hall–Kier alpha value is -1.82. The summed E-state index contributed by atoms with van der Waals surface area (Å²) in [5, 5.41) is 7.70. The zero-order valence-corrected chi connectivity index (χ0v) is 15.5. The van der Waals surface area contributed by atoms with E-state index in [-0.39, 0.29) is 0 Å². The molecule has 0 atom stereocenters. The molecule has 0 aliphatic carbocycles. The second-order valence-corrected chi connectivity index (χ2v) is 6.51. The molecule has 0 radical (unpaired) electrons. The number of guanidine groups is 1. The molecule has 2 aromatic rings. The molecule has 23 heavy (non-hydrogen) atoms. The molecule has 0 aliphatic heterocycles. The van der Waals surface area contributed by atoms with E-state index in [9.17, 15) is 0 Å². The van der Waals surface area contributed by atoms with Crippen LogP contribution in [0.25, 0.3) is 0 Å². The zero-order valence-electron chi connectivity index (χ0n) is 14.0. The predicted molar refractivity (Wildman–Crippen MR) is 98.6 cm³/mol. The highest BCUT2D eigenvalue weighted by Gasteiger charge is 2.06. The third-order valence-corrected chi connectivity index (χ3v) is 4.04. The minimum absolute atomic E-state index is 0.825. The largest absolute Gasteiger partial charge is 0.356 e. The van der Waals surface area contributed by atoms with Crippen molar-refractivity contribution < 1.29 is 0 Å². The number of halogens is 1. The fourth-order valence-corrected chi connectivity index (χ4v) is 2.62. The van der Waals surface area contributed by atoms with Gasteiger partial charge in [-0.1, -0.05) is 28.1 Å². The van der Waals surface area contributed by atoms with Gasteiger partial charge < -0.3 is 10.2 Å². The lowest BCUT2D eigenvalue weighted by molar-refractivity contribution is 0.471. The molecule has 0 saturated carbocycles. The van der Waals surface area contributed by atoms with Crippen LogP contribution in [-0.2, 0) is 13.1 Å². The van der Waals surface area contributed by atoms with Crippen LogP contribution in [0.3, 0.4) is 0 Å². The monoisotopic (exact) mass is 377 g/mol. The number of nitrogens with one attached hydrogen (secondary N) is 1. The second kappa shape index (κ2) is 8.72. The van der Waals surface area contributed by atoms with Crippen LogP contribution in [0.4, 0.5) is 0 Å². The number of rotatable bonds is 6. The highest BCUT2D eigenvalue weighted by atomic mass is 79.9. The number of aromatic nitrogens is 2. The van der Waals surface area contributed by atoms with Crippen LogP contribution in [0.2, 0.25) is 0 Å². The van der Waals surface area contributed by atoms with E-state index in [1.807, 2.05) is 25.0 Å². The maximum Gasteiger partial charge on any atom is 0.193 e. The Labute approximate surface area is 146 Å². The summed E-state index contributed by atoms with van der Waals surface area (Å²) in [7, 11) is 3.87. The van der Waals surface area contributed by atoms with Gasteiger partial charge in [-0.25, -0.2) is 0 Å². The summed E-state index contributed by atoms with van der Waals surface area (Å²) in [6.45, 7) is 4.66. The molecule has 0 spiro atoms. The summed E-state index contributed by atoms with van der Waals surface area (Å²) in [6, 6.07) is 8.36. The molecule has 0 fully saturated rings. The third kappa shape index (κ3) is 5.71. The van der Waals surface area contributed by atoms with Gasteiger partial charge in [0, 0.05) is 44.4 Å². The topological polar surface area (TPSA) is 45.5 Å². The van der Waals surface area contributed by atoms with E-state index in [4.69, 9.17) is 0 Å². The smallest absolute Gasteiger partial charge is 0.193 e. The van der Waals surface area contributed by atoms with Crippen molar-refractivity contribution >= 4 is 21.9 Å². The van der Waals surface area contributed by atoms with Crippen LogP contribution >= 0.6 is 15.9 Å². The van der Waals surface area contributed by atoms with Gasteiger partial charge in [-0.05, 0) is 36.6 Å². The van der Waals surface area contributed by atoms with Gasteiger partial charge in [0.15, 0.2) is 5.96 Å². The molecular formula is C17H24BrN5. The first-order chi connectivity index (χ1) is 11.1. The van der Waals surface area contributed by atoms with Crippen LogP contribution in [0.15, 0.2) is 46.1 Å². The summed E-state index contributed by atoms with van der Waals surface area (Å²) >= 11 is 3.46. The van der Waals surface area contributed by atoms with Gasteiger partial charge in [0.25, 0.3) is 0 Å². The Kier molecular flexibility index (Phi) is 6.65. The molecule has 1 aromatic carbocycles. The van der Waals surface area contributed by atoms with Crippen molar-refractivity contribution in [1.29, 1.82) is 0 Å². The molecule has 0 aliphatic rings. The quantitative estimate of drug-likeness (QED) is 0.478. The molecule has 1 N–H and O–H groups in total. The number of nitrogens with zero attached hydrogens (tertiary/aromatic N) is 4. The van der Waals surface area contributed by atoms with E-state index in [1.165, 1.54) is 11.1 Å². The van der Waals surface area contributed by atoms with Crippen LogP contribution in [0, 0.1) is 6.92 Å². The normalized spacial score (nSPS) is 11.6. The van der Waals surface area contributed by atoms with Crippen molar-refractivity contribution in [2.45, 2.75) is 26.4 Å². The molecule has 1 aromatic heterocycles. The van der Waals surface area contributed by atoms with Crippen molar-refractivity contribution in [3.8, 4) is 0 Å². The summed E-state index contributed by atoms with van der Waals surface area (Å²) < 4.78 is 3.07. The molecule has 0 bridgehead atoms. The Morgan fingerprint density at radius 2 is 2.09 bits per heavy atom. The number of hydrogen-bond donors (Lipinski definition) is 1. The zero-order chi connectivity index (χ0) is 16.7. The van der Waals surface area contributed by atoms with E-state index in [2.05, 4.69) is 73.6 Å². The molecule has 5 nitrogen and oxygen atoms in total. The van der Waals surface area contributed by atoms with E-state index in [0.717, 1.165) is 36.5 Å². The first-order valence-corrected chi connectivity index (χ1v) is 8.53. The average molecular weight is 378 g/mol. The SMILES string of the molecule is CN=C(NCCCn1cc(C)cn1)N(C)Cc1ccc(Br)cc1. The number of hydrogen-bond acceptors (Lipinski definition) is 2. The standard InChI is InChI=1S/C17H24BrN5/c1-14-11-21-23(12-14)10-4-9-20-17(19-2)22(3)13-15-5-7-16(18)8-6-15/h5-8,11-12H,4,9-10,13H2,1-3H3,(H,19,20). The third-order valence-electron chi connectivity index (χ3n) is 3.52. The second-order valence-electron chi connectivity index (χ2n) is 5.59. The minimum atomic E-state index is 0.825. The van der Waals surface area contributed by atoms with Crippen molar-refractivity contribution in [1.82, 2.24) is 20.0 Å². The minimum Gasteiger partial charge on any atom is -0.356 e. The van der Waals surface area contributed by atoms with Gasteiger partial charge in [-0.3, -0.25) is 9.67 Å². The number of benzene rings is 1. The van der Waals surface area contributed by atoms with Crippen LogP contribution < -0.4 is 5.32 Å². The fourth-order valence-electron chi connectivity index (χ4n) is 2.35. The Bertz CT molecular complexity index is 633. The van der Waals surface area contributed by atoms with Crippen LogP contribution in [0.1, 0.15) is 17.5 Å². The highest BCUT2D eigenvalue weighted by molar-refractivity contribution is 9.10. The van der Waals surface area contributed by atoms with Gasteiger partial charge in [0.05, 0.1) is 6.20 Å². The molecule has 1 heterocycles. The fraction of sp³-hybridized carbons (Fsp3) is 0.412. The molecule has 124 valence electrons. The van der Waals surface area contributed by atoms with Crippen molar-refractivity contribution in [3.05, 3.63) is 52.3 Å². The van der Waals surface area contributed by atoms with E-state index >= 15 is 0 Å². The Balaban J connectivity index is 1.76. The Morgan fingerprint density at radius 1 is 1.35 bits per heavy atom. The van der Waals surface area contributed by atoms with Crippen LogP contribution in [-0.4, -0.2) is 41.3 Å². The summed E-state index contributed by atoms with van der Waals surface area (Å²) in [6.07, 6.45) is 4.96. The van der Waals surface area contributed by atoms with Crippen LogP contribution in [0.5, 0.6) is 0 Å². The van der Waals surface area contributed by atoms with E-state index < -0.39 is 0 Å². The molecule has 0 amide bonds. The first-order valence-electron chi connectivity index (χ1n) is 7.74. The highest BCUT2D eigenvalue weighted by Crippen LogP contribution is 2.11. The van der Waals surface area contributed by atoms with Crippen molar-refractivity contribution in [2.24, 2.45) is 4.99 Å². The maximum atomic E-state index is 4.35. The van der Waals surface area contributed by atoms with Crippen molar-refractivity contribution in [2.75, 3.05) is 20.6 Å². The average Bonchev–Trinajstić information content (AvgIpc) is 2.95. The molecule has 0 unspecified atom stereocenters. The molecule has 0 saturated heterocycles. The van der Waals surface area contributed by atoms with Gasteiger partial charge in [-0.15, -0.1) is 0 Å². The van der Waals surface area contributed by atoms with Gasteiger partial charge in [0.2, 0.25) is 0 Å². The lowest BCUT2D eigenvalue weighted by Crippen LogP contribution is -2.39. The van der Waals surface area contributed by atoms with Gasteiger partial charge >= 0.3 is 0 Å². The van der Waals surface area contributed by atoms with E-state index in [0.29, 0.717) is 0 Å². The van der Waals surface area contributed by atoms with E-state index in [1.54, 1.807) is 0 Å². The molecule has 2 rings (SSSR count). The first kappa shape index (κ1) is 17.5. The summed E-state index contributed by atoms with van der Waals surface area (Å²) in [5.41, 5.74) is 2.45.